The van der Waals surface area contributed by atoms with Gasteiger partial charge in [-0.1, -0.05) is 15.9 Å². The van der Waals surface area contributed by atoms with E-state index < -0.39 is 18.4 Å². The number of anilines is 4. The first-order chi connectivity index (χ1) is 14.6. The number of alkyl halides is 3. The van der Waals surface area contributed by atoms with Crippen LogP contribution in [0.5, 0.6) is 0 Å². The highest BCUT2D eigenvalue weighted by Gasteiger charge is 2.27. The summed E-state index contributed by atoms with van der Waals surface area (Å²) in [6.45, 7) is 1.81. The van der Waals surface area contributed by atoms with Crippen LogP contribution in [0.15, 0.2) is 56.3 Å². The molecule has 0 saturated heterocycles. The maximum Gasteiger partial charge on any atom is 0.417 e. The molecule has 7 nitrogen and oxygen atoms in total. The lowest BCUT2D eigenvalue weighted by molar-refractivity contribution is -0.127. The Morgan fingerprint density at radius 2 is 1.94 bits per heavy atom. The second-order valence-corrected chi connectivity index (χ2v) is 7.76. The summed E-state index contributed by atoms with van der Waals surface area (Å²) >= 11 is 3.23. The summed E-state index contributed by atoms with van der Waals surface area (Å²) in [6, 6.07) is 9.53. The summed E-state index contributed by atoms with van der Waals surface area (Å²) in [5.41, 5.74) is 2.90. The highest BCUT2D eigenvalue weighted by molar-refractivity contribution is 9.10. The molecule has 0 spiro atoms. The van der Waals surface area contributed by atoms with Crippen LogP contribution in [0.3, 0.4) is 0 Å². The summed E-state index contributed by atoms with van der Waals surface area (Å²) in [5.74, 6) is 0.158. The van der Waals surface area contributed by atoms with Gasteiger partial charge < -0.3 is 15.1 Å². The fourth-order valence-corrected chi connectivity index (χ4v) is 3.52. The van der Waals surface area contributed by atoms with Gasteiger partial charge in [0.15, 0.2) is 5.58 Å². The Morgan fingerprint density at radius 3 is 2.71 bits per heavy atom. The molecule has 0 fully saturated rings. The Kier molecular flexibility index (Phi) is 5.44. The van der Waals surface area contributed by atoms with E-state index in [2.05, 4.69) is 41.5 Å². The predicted molar refractivity (Wildman–Crippen MR) is 114 cm³/mol. The molecule has 0 radical (unpaired) electrons. The molecule has 2 aromatic heterocycles. The van der Waals surface area contributed by atoms with Crippen LogP contribution in [-0.2, 0) is 6.42 Å². The third kappa shape index (κ3) is 5.23. The van der Waals surface area contributed by atoms with Gasteiger partial charge in [-0.05, 0) is 48.9 Å². The first-order valence-electron chi connectivity index (χ1n) is 9.01. The number of benzene rings is 2. The van der Waals surface area contributed by atoms with Gasteiger partial charge in [-0.25, -0.2) is 9.78 Å². The van der Waals surface area contributed by atoms with Gasteiger partial charge >= 0.3 is 11.9 Å². The van der Waals surface area contributed by atoms with E-state index in [4.69, 9.17) is 4.42 Å². The first kappa shape index (κ1) is 20.9. The van der Waals surface area contributed by atoms with E-state index in [0.29, 0.717) is 32.8 Å². The van der Waals surface area contributed by atoms with Gasteiger partial charge in [0, 0.05) is 27.6 Å². The molecule has 0 aliphatic carbocycles. The van der Waals surface area contributed by atoms with Crippen molar-refractivity contribution in [3.05, 3.63) is 68.7 Å². The molecule has 11 heteroatoms. The Balaban J connectivity index is 1.58. The van der Waals surface area contributed by atoms with Crippen LogP contribution in [0.2, 0.25) is 0 Å². The molecular formula is C20H15BrF3N5O2. The first-order valence-corrected chi connectivity index (χ1v) is 9.81. The molecule has 0 aliphatic rings. The highest BCUT2D eigenvalue weighted by atomic mass is 79.9. The molecule has 4 aromatic rings. The molecule has 3 N–H and O–H groups in total. The molecule has 160 valence electrons. The standard InChI is InChI=1S/C20H15BrF3N5O2/c1-10-9-25-18(27-14-5-11(4-12(21)6-14)8-20(22,23)24)29-17(10)26-13-2-3-16-15(7-13)28-19(30)31-16/h2-7,9H,8H2,1H3,(H,28,30)(H2,25,26,27,29). The van der Waals surface area contributed by atoms with E-state index in [9.17, 15) is 18.0 Å². The number of hydrogen-bond donors (Lipinski definition) is 3. The number of rotatable bonds is 5. The number of aromatic amines is 1. The average molecular weight is 494 g/mol. The van der Waals surface area contributed by atoms with Gasteiger partial charge in [-0.2, -0.15) is 18.2 Å². The Morgan fingerprint density at radius 1 is 1.13 bits per heavy atom. The lowest BCUT2D eigenvalue weighted by atomic mass is 10.1. The molecule has 0 amide bonds. The number of aryl methyl sites for hydroxylation is 1. The van der Waals surface area contributed by atoms with Gasteiger partial charge in [0.25, 0.3) is 0 Å². The summed E-state index contributed by atoms with van der Waals surface area (Å²) in [6.07, 6.45) is -3.76. The lowest BCUT2D eigenvalue weighted by Crippen LogP contribution is -2.11. The molecule has 31 heavy (non-hydrogen) atoms. The molecule has 2 aromatic carbocycles. The van der Waals surface area contributed by atoms with Gasteiger partial charge in [-0.15, -0.1) is 0 Å². The predicted octanol–water partition coefficient (Wildman–Crippen LogP) is 5.57. The van der Waals surface area contributed by atoms with Crippen molar-refractivity contribution in [2.24, 2.45) is 0 Å². The van der Waals surface area contributed by atoms with Crippen molar-refractivity contribution in [2.45, 2.75) is 19.5 Å². The normalized spacial score (nSPS) is 11.6. The minimum Gasteiger partial charge on any atom is -0.408 e. The van der Waals surface area contributed by atoms with Crippen molar-refractivity contribution in [1.82, 2.24) is 15.0 Å². The summed E-state index contributed by atoms with van der Waals surface area (Å²) in [7, 11) is 0. The second-order valence-electron chi connectivity index (χ2n) is 6.84. The molecule has 0 saturated carbocycles. The third-order valence-electron chi connectivity index (χ3n) is 4.27. The van der Waals surface area contributed by atoms with E-state index in [1.807, 2.05) is 6.92 Å². The van der Waals surface area contributed by atoms with Crippen LogP contribution in [0.1, 0.15) is 11.1 Å². The van der Waals surface area contributed by atoms with Gasteiger partial charge in [-0.3, -0.25) is 4.98 Å². The van der Waals surface area contributed by atoms with E-state index >= 15 is 0 Å². The fourth-order valence-electron chi connectivity index (χ4n) is 2.98. The van der Waals surface area contributed by atoms with Crippen molar-refractivity contribution in [3.63, 3.8) is 0 Å². The number of hydrogen-bond acceptors (Lipinski definition) is 6. The number of nitrogens with one attached hydrogen (secondary N) is 3. The molecule has 0 unspecified atom stereocenters. The molecule has 0 bridgehead atoms. The molecule has 2 heterocycles. The van der Waals surface area contributed by atoms with Crippen molar-refractivity contribution >= 4 is 50.2 Å². The third-order valence-corrected chi connectivity index (χ3v) is 4.73. The number of oxazole rings is 1. The maximum atomic E-state index is 12.7. The number of nitrogens with zero attached hydrogens (tertiary/aromatic N) is 2. The van der Waals surface area contributed by atoms with Crippen LogP contribution in [0.25, 0.3) is 11.1 Å². The van der Waals surface area contributed by atoms with E-state index in [0.717, 1.165) is 5.56 Å². The van der Waals surface area contributed by atoms with E-state index in [1.54, 1.807) is 30.5 Å². The Hall–Kier alpha value is -3.34. The zero-order chi connectivity index (χ0) is 22.2. The fraction of sp³-hybridized carbons (Fsp3) is 0.150. The minimum atomic E-state index is -4.31. The van der Waals surface area contributed by atoms with Crippen LogP contribution in [0.4, 0.5) is 36.3 Å². The molecule has 0 aliphatic heterocycles. The van der Waals surface area contributed by atoms with Crippen molar-refractivity contribution in [1.29, 1.82) is 0 Å². The minimum absolute atomic E-state index is 0.109. The van der Waals surface area contributed by atoms with E-state index in [-0.39, 0.29) is 11.5 Å². The van der Waals surface area contributed by atoms with Gasteiger partial charge in [0.2, 0.25) is 5.95 Å². The van der Waals surface area contributed by atoms with Crippen molar-refractivity contribution in [3.8, 4) is 0 Å². The summed E-state index contributed by atoms with van der Waals surface area (Å²) in [5, 5.41) is 6.08. The molecule has 0 atom stereocenters. The number of halogens is 4. The maximum absolute atomic E-state index is 12.7. The topological polar surface area (TPSA) is 95.8 Å². The number of aromatic nitrogens is 3. The van der Waals surface area contributed by atoms with Crippen molar-refractivity contribution < 1.29 is 17.6 Å². The Bertz CT molecular complexity index is 1320. The zero-order valence-corrected chi connectivity index (χ0v) is 17.6. The quantitative estimate of drug-likeness (QED) is 0.336. The summed E-state index contributed by atoms with van der Waals surface area (Å²) in [4.78, 5) is 22.5. The number of H-pyrrole nitrogens is 1. The second kappa shape index (κ2) is 8.06. The summed E-state index contributed by atoms with van der Waals surface area (Å²) < 4.78 is 43.7. The van der Waals surface area contributed by atoms with Crippen LogP contribution >= 0.6 is 15.9 Å². The number of fused-ring (bicyclic) bond motifs is 1. The van der Waals surface area contributed by atoms with E-state index in [1.165, 1.54) is 12.1 Å². The SMILES string of the molecule is Cc1cnc(Nc2cc(Br)cc(CC(F)(F)F)c2)nc1Nc1ccc2oc(=O)[nH]c2c1. The van der Waals surface area contributed by atoms with Gasteiger partial charge in [0.05, 0.1) is 11.9 Å². The smallest absolute Gasteiger partial charge is 0.408 e. The average Bonchev–Trinajstić information content (AvgIpc) is 3.02. The zero-order valence-electron chi connectivity index (χ0n) is 16.0. The highest BCUT2D eigenvalue weighted by Crippen LogP contribution is 2.28. The monoisotopic (exact) mass is 493 g/mol. The van der Waals surface area contributed by atoms with Gasteiger partial charge in [0.1, 0.15) is 5.82 Å². The van der Waals surface area contributed by atoms with Crippen LogP contribution < -0.4 is 16.4 Å². The molecule has 4 rings (SSSR count). The van der Waals surface area contributed by atoms with Crippen LogP contribution in [0, 0.1) is 6.92 Å². The lowest BCUT2D eigenvalue weighted by Gasteiger charge is -2.13. The van der Waals surface area contributed by atoms with Crippen molar-refractivity contribution in [2.75, 3.05) is 10.6 Å². The largest absolute Gasteiger partial charge is 0.417 e. The Labute approximate surface area is 181 Å². The van der Waals surface area contributed by atoms with Crippen LogP contribution in [-0.4, -0.2) is 21.1 Å². The molecular weight excluding hydrogens is 479 g/mol.